The van der Waals surface area contributed by atoms with Gasteiger partial charge in [-0.2, -0.15) is 0 Å². The Morgan fingerprint density at radius 1 is 0.593 bits per heavy atom. The van der Waals surface area contributed by atoms with Crippen molar-refractivity contribution >= 4 is 87.3 Å². The van der Waals surface area contributed by atoms with E-state index in [0.29, 0.717) is 115 Å². The average molecular weight is 1640 g/mol. The molecule has 0 aromatic heterocycles. The summed E-state index contributed by atoms with van der Waals surface area (Å²) in [6.45, 7) is 10.6. The number of esters is 1. The maximum atomic E-state index is 11.2. The molecule has 2 aliphatic carbocycles. The fourth-order valence-electron chi connectivity index (χ4n) is 11.4. The van der Waals surface area contributed by atoms with Gasteiger partial charge in [0, 0.05) is 74.4 Å². The molecule has 0 amide bonds. The lowest BCUT2D eigenvalue weighted by Gasteiger charge is -2.39. The van der Waals surface area contributed by atoms with E-state index in [4.69, 9.17) is 109 Å². The largest absolute Gasteiger partial charge is 0.505 e. The van der Waals surface area contributed by atoms with E-state index in [9.17, 15) is 43.2 Å². The van der Waals surface area contributed by atoms with Crippen LogP contribution in [0.1, 0.15) is 190 Å². The number of fused-ring (bicyclic) bond motifs is 3. The van der Waals surface area contributed by atoms with E-state index in [1.165, 1.54) is 13.5 Å². The molecule has 8 atom stereocenters. The van der Waals surface area contributed by atoms with Gasteiger partial charge >= 0.3 is 53.9 Å². The van der Waals surface area contributed by atoms with Crippen molar-refractivity contribution in [1.29, 1.82) is 0 Å². The third-order valence-electron chi connectivity index (χ3n) is 16.9. The van der Waals surface area contributed by atoms with E-state index in [1.807, 2.05) is 84.9 Å². The number of carbonyl (C=O) groups excluding carboxylic acids is 1. The lowest BCUT2D eigenvalue weighted by atomic mass is 9.81. The Hall–Kier alpha value is -8.03. The number of anilines is 1. The maximum absolute atomic E-state index is 11.2. The molecule has 640 valence electrons. The number of carboxylic acid groups (broad SMARTS) is 8. The second kappa shape index (κ2) is 69.5. The molecule has 23 N–H and O–H groups in total. The molecule has 0 bridgehead atoms. The predicted octanol–water partition coefficient (Wildman–Crippen LogP) is 10.8. The van der Waals surface area contributed by atoms with Crippen molar-refractivity contribution in [2.24, 2.45) is 52.2 Å². The number of hydrogen-bond acceptors (Lipinski definition) is 25. The van der Waals surface area contributed by atoms with Crippen LogP contribution >= 0.6 is 21.6 Å². The molecule has 1 saturated carbocycles. The van der Waals surface area contributed by atoms with Gasteiger partial charge in [-0.25, -0.2) is 9.59 Å². The Bertz CT molecular complexity index is 3140. The molecule has 8 unspecified atom stereocenters. The summed E-state index contributed by atoms with van der Waals surface area (Å²) in [7, 11) is 4.69. The van der Waals surface area contributed by atoms with E-state index in [2.05, 4.69) is 18.9 Å². The van der Waals surface area contributed by atoms with Gasteiger partial charge in [-0.1, -0.05) is 126 Å². The predicted molar refractivity (Wildman–Crippen MR) is 438 cm³/mol. The van der Waals surface area contributed by atoms with Gasteiger partial charge in [-0.05, 0) is 176 Å². The number of allylic oxidation sites excluding steroid dienone is 3. The standard InChI is InChI=1S/C15H13NO3.C14H16O2.C12H21NO4.C12H23NO4.C8H15NO4.C7H13NO2.C6H12O3.C5H11NO2S2.CH5N/c16-9-5-6-12-10-3-1-2-4-11(10)14(13(12)7-9)8-19-15(17)18;1-2-7-13(14(15)16)11-6-10-12-8-4-3-5-9-12;13-6-4-9-3-1-2-5-12(9)16-8-10(17-12)7-11(14)15;13-9-5-1-4-8-12(16)17-10-6-2-3-7-11(14)15;9-4-6-2-1-3-8(13-6)12-5-7(10)11;1-2-3-6(4-5-8)7(9)10;7-5-3-1-2-4-6(8)9;6-2-4-10-9-3-1-5(7)8;1-2/h1-7,14H,8,16H2,(H,17,18);2-6,8-10,13H,1,7,11H2,(H,15,16);9-10H,1-8,13H2,(H,14,15);1-10,13H2,(H,14,15);6,8H,1-5,9H2,(H,10,11);2,6H,1,3-5,8H2,(H,9,10);7H,1-5H2,(H,8,9);1-4,6H2,(H,7,8);2H2,1H3/b;10-6+;;;;;;;. The molecule has 3 aromatic carbocycles. The molecule has 4 aliphatic rings. The number of hydrogen-bond donors (Lipinski definition) is 16. The summed E-state index contributed by atoms with van der Waals surface area (Å²) in [6, 6.07) is 23.5. The molecule has 7 rings (SSSR count). The van der Waals surface area contributed by atoms with Crippen LogP contribution in [-0.4, -0.2) is 208 Å². The summed E-state index contributed by atoms with van der Waals surface area (Å²) >= 11 is 0. The first-order valence-corrected chi connectivity index (χ1v) is 40.7. The number of aliphatic carboxylic acids is 7. The number of unbranched alkanes of at least 4 members (excludes halogenated alkanes) is 6. The SMILES string of the molecule is C=CCC(C/C=C/c1ccccc1)C(=O)O.C=CCC(CCN)C(=O)O.CN.NCC1CCCC(OCC(=O)O)O1.NCCC1CCCCC12OCC(CC(=O)O)O2.NCCCCCC(=O)OCCCCCC(=O)O.NCCSSCCC(=O)O.Nc1ccc2c(c1)C(COC(=O)O)c1ccccc1-2.O=C(O)CCCCCO. The number of nitrogens with two attached hydrogens (primary N) is 7. The Labute approximate surface area is 672 Å². The molecular formula is C80H129N7O24S2. The van der Waals surface area contributed by atoms with Gasteiger partial charge in [0.1, 0.15) is 13.2 Å². The van der Waals surface area contributed by atoms with Crippen LogP contribution < -0.4 is 40.1 Å². The van der Waals surface area contributed by atoms with Crippen molar-refractivity contribution in [3.05, 3.63) is 121 Å². The number of benzene rings is 3. The lowest BCUT2D eigenvalue weighted by molar-refractivity contribution is -0.222. The van der Waals surface area contributed by atoms with Gasteiger partial charge in [-0.3, -0.25) is 33.6 Å². The molecule has 2 saturated heterocycles. The quantitative estimate of drug-likeness (QED) is 0.00822. The first-order chi connectivity index (χ1) is 54.2. The van der Waals surface area contributed by atoms with Crippen molar-refractivity contribution in [2.75, 3.05) is 90.0 Å². The van der Waals surface area contributed by atoms with Gasteiger partial charge < -0.3 is 115 Å². The number of ether oxygens (including phenoxy) is 6. The second-order valence-corrected chi connectivity index (χ2v) is 28.6. The zero-order chi connectivity index (χ0) is 85.0. The molecule has 3 fully saturated rings. The summed E-state index contributed by atoms with van der Waals surface area (Å²) in [5.74, 6) is -5.24. The van der Waals surface area contributed by atoms with Gasteiger partial charge in [0.2, 0.25) is 0 Å². The van der Waals surface area contributed by atoms with Crippen LogP contribution in [0.3, 0.4) is 0 Å². The Morgan fingerprint density at radius 3 is 1.78 bits per heavy atom. The molecule has 2 aliphatic heterocycles. The van der Waals surface area contributed by atoms with E-state index in [0.717, 1.165) is 117 Å². The van der Waals surface area contributed by atoms with Crippen molar-refractivity contribution in [2.45, 2.75) is 197 Å². The minimum absolute atomic E-state index is 0.0209. The zero-order valence-corrected chi connectivity index (χ0v) is 67.2. The zero-order valence-electron chi connectivity index (χ0n) is 65.6. The van der Waals surface area contributed by atoms with Gasteiger partial charge in [-0.15, -0.1) is 13.2 Å². The Balaban J connectivity index is 0. The number of carbonyl (C=O) groups is 9. The first-order valence-electron chi connectivity index (χ1n) is 38.2. The highest BCUT2D eigenvalue weighted by Gasteiger charge is 2.49. The summed E-state index contributed by atoms with van der Waals surface area (Å²) in [5, 5.41) is 76.3. The topological polar surface area (TPSA) is 573 Å². The van der Waals surface area contributed by atoms with Gasteiger partial charge in [0.15, 0.2) is 12.1 Å². The van der Waals surface area contributed by atoms with Gasteiger partial charge in [0.25, 0.3) is 0 Å². The molecule has 2 heterocycles. The number of nitrogen functional groups attached to an aromatic ring is 1. The van der Waals surface area contributed by atoms with Crippen LogP contribution in [0.25, 0.3) is 17.2 Å². The van der Waals surface area contributed by atoms with Crippen molar-refractivity contribution < 1.29 is 118 Å². The molecule has 31 nitrogen and oxygen atoms in total. The van der Waals surface area contributed by atoms with Crippen molar-refractivity contribution in [3.8, 4) is 11.1 Å². The summed E-state index contributed by atoms with van der Waals surface area (Å²) in [4.78, 5) is 94.0. The maximum Gasteiger partial charge on any atom is 0.505 e. The summed E-state index contributed by atoms with van der Waals surface area (Å²) in [6.07, 6.45) is 23.2. The number of rotatable bonds is 43. The highest BCUT2D eigenvalue weighted by atomic mass is 33.1. The minimum Gasteiger partial charge on any atom is -0.481 e. The van der Waals surface area contributed by atoms with Crippen molar-refractivity contribution in [1.82, 2.24) is 0 Å². The molecular weight excluding hydrogens is 1510 g/mol. The van der Waals surface area contributed by atoms with Gasteiger partial charge in [0.05, 0.1) is 50.1 Å². The van der Waals surface area contributed by atoms with Crippen LogP contribution in [0.5, 0.6) is 0 Å². The minimum atomic E-state index is -1.25. The third-order valence-corrected chi connectivity index (χ3v) is 19.4. The Kier molecular flexibility index (Phi) is 65.8. The average Bonchev–Trinajstić information content (AvgIpc) is 1.60. The second-order valence-electron chi connectivity index (χ2n) is 25.9. The van der Waals surface area contributed by atoms with Crippen LogP contribution in [0.4, 0.5) is 10.5 Å². The normalized spacial score (nSPS) is 17.6. The monoisotopic (exact) mass is 1640 g/mol. The van der Waals surface area contributed by atoms with Crippen molar-refractivity contribution in [3.63, 3.8) is 0 Å². The fraction of sp³-hybridized carbons (Fsp3) is 0.588. The number of aliphatic hydroxyl groups is 1. The molecule has 113 heavy (non-hydrogen) atoms. The van der Waals surface area contributed by atoms with Crippen LogP contribution in [0.2, 0.25) is 0 Å². The molecule has 0 radical (unpaired) electrons. The number of carboxylic acids is 7. The molecule has 1 spiro atoms. The van der Waals surface area contributed by atoms with Crippen LogP contribution in [0.15, 0.2) is 104 Å². The Morgan fingerprint density at radius 2 is 1.20 bits per heavy atom. The number of aliphatic hydroxyl groups excluding tert-OH is 1. The highest BCUT2D eigenvalue weighted by Crippen LogP contribution is 2.46. The van der Waals surface area contributed by atoms with E-state index < -0.39 is 60.0 Å². The summed E-state index contributed by atoms with van der Waals surface area (Å²) < 4.78 is 31.9. The molecule has 3 aromatic rings. The van der Waals surface area contributed by atoms with E-state index >= 15 is 0 Å². The lowest BCUT2D eigenvalue weighted by Crippen LogP contribution is -2.43. The van der Waals surface area contributed by atoms with E-state index in [-0.39, 0.29) is 81.4 Å². The smallest absolute Gasteiger partial charge is 0.481 e. The molecule has 33 heteroatoms. The third kappa shape index (κ3) is 54.4. The first kappa shape index (κ1) is 107. The van der Waals surface area contributed by atoms with Crippen LogP contribution in [-0.2, 0) is 66.8 Å². The van der Waals surface area contributed by atoms with Crippen LogP contribution in [0, 0.1) is 17.8 Å². The fourth-order valence-corrected chi connectivity index (χ4v) is 13.2. The summed E-state index contributed by atoms with van der Waals surface area (Å²) in [5.41, 5.74) is 43.2. The highest BCUT2D eigenvalue weighted by molar-refractivity contribution is 8.76. The van der Waals surface area contributed by atoms with E-state index in [1.54, 1.807) is 33.7 Å².